The third kappa shape index (κ3) is 1.90. The first kappa shape index (κ1) is 11.3. The van der Waals surface area contributed by atoms with Crippen LogP contribution >= 0.6 is 15.9 Å². The maximum Gasteiger partial charge on any atom is 0.231 e. The Morgan fingerprint density at radius 3 is 3.06 bits per heavy atom. The number of benzene rings is 1. The summed E-state index contributed by atoms with van der Waals surface area (Å²) >= 11 is 3.37. The molecule has 1 N–H and O–H groups in total. The minimum absolute atomic E-state index is 0.126. The molecule has 1 atom stereocenters. The second kappa shape index (κ2) is 4.44. The van der Waals surface area contributed by atoms with Crippen molar-refractivity contribution in [3.63, 3.8) is 0 Å². The zero-order valence-electron chi connectivity index (χ0n) is 8.96. The van der Waals surface area contributed by atoms with Gasteiger partial charge in [-0.05, 0) is 15.9 Å². The van der Waals surface area contributed by atoms with Crippen LogP contribution in [0.15, 0.2) is 10.5 Å². The maximum absolute atomic E-state index is 14.0. The van der Waals surface area contributed by atoms with E-state index in [-0.39, 0.29) is 18.7 Å². The largest absolute Gasteiger partial charge is 0.453 e. The average molecular weight is 304 g/mol. The molecule has 0 aliphatic carbocycles. The Morgan fingerprint density at radius 1 is 1.41 bits per heavy atom. The molecule has 17 heavy (non-hydrogen) atoms. The normalized spacial score (nSPS) is 22.8. The van der Waals surface area contributed by atoms with Gasteiger partial charge in [-0.25, -0.2) is 4.39 Å². The van der Waals surface area contributed by atoms with Crippen molar-refractivity contribution < 1.29 is 18.6 Å². The van der Waals surface area contributed by atoms with E-state index in [9.17, 15) is 4.39 Å². The van der Waals surface area contributed by atoms with Gasteiger partial charge >= 0.3 is 0 Å². The summed E-state index contributed by atoms with van der Waals surface area (Å²) in [5, 5.41) is 3.17. The molecule has 0 saturated carbocycles. The fourth-order valence-electron chi connectivity index (χ4n) is 2.03. The van der Waals surface area contributed by atoms with Crippen LogP contribution in [-0.4, -0.2) is 26.5 Å². The lowest BCUT2D eigenvalue weighted by molar-refractivity contribution is 0.0249. The van der Waals surface area contributed by atoms with Crippen LogP contribution < -0.4 is 14.8 Å². The summed E-state index contributed by atoms with van der Waals surface area (Å²) in [7, 11) is 0. The molecule has 0 radical (unpaired) electrons. The number of nitrogens with one attached hydrogen (secondary N) is 1. The topological polar surface area (TPSA) is 39.7 Å². The van der Waals surface area contributed by atoms with Gasteiger partial charge in [0.05, 0.1) is 17.2 Å². The minimum atomic E-state index is -0.338. The molecule has 3 rings (SSSR count). The summed E-state index contributed by atoms with van der Waals surface area (Å²) in [5.41, 5.74) is 0.487. The molecule has 0 bridgehead atoms. The van der Waals surface area contributed by atoms with Crippen LogP contribution in [-0.2, 0) is 4.74 Å². The molecule has 0 aromatic heterocycles. The fraction of sp³-hybridized carbons (Fsp3) is 0.455. The third-order valence-electron chi connectivity index (χ3n) is 2.84. The molecule has 1 unspecified atom stereocenters. The van der Waals surface area contributed by atoms with Gasteiger partial charge in [0.25, 0.3) is 0 Å². The van der Waals surface area contributed by atoms with Crippen molar-refractivity contribution in [1.29, 1.82) is 0 Å². The Morgan fingerprint density at radius 2 is 2.29 bits per heavy atom. The first-order valence-corrected chi connectivity index (χ1v) is 6.16. The minimum Gasteiger partial charge on any atom is -0.453 e. The molecule has 0 amide bonds. The second-order valence-electron chi connectivity index (χ2n) is 3.88. The van der Waals surface area contributed by atoms with E-state index in [1.807, 2.05) is 0 Å². The van der Waals surface area contributed by atoms with Gasteiger partial charge in [0.2, 0.25) is 6.79 Å². The standard InChI is InChI=1S/C11H11BrFNO3/c12-10-9(8-4-14-1-2-15-8)6(13)3-7-11(10)17-5-16-7/h3,8,14H,1-2,4-5H2. The van der Waals surface area contributed by atoms with Crippen molar-refractivity contribution in [2.75, 3.05) is 26.5 Å². The van der Waals surface area contributed by atoms with Crippen LogP contribution in [0.25, 0.3) is 0 Å². The molecule has 92 valence electrons. The summed E-state index contributed by atoms with van der Waals surface area (Å²) in [5.74, 6) is 0.646. The van der Waals surface area contributed by atoms with Crippen molar-refractivity contribution in [2.45, 2.75) is 6.10 Å². The fourth-order valence-corrected chi connectivity index (χ4v) is 2.79. The number of ether oxygens (including phenoxy) is 3. The molecular formula is C11H11BrFNO3. The van der Waals surface area contributed by atoms with Crippen LogP contribution in [0.4, 0.5) is 4.39 Å². The Hall–Kier alpha value is -0.850. The smallest absolute Gasteiger partial charge is 0.231 e. The summed E-state index contributed by atoms with van der Waals surface area (Å²) in [6.07, 6.45) is -0.298. The number of morpholine rings is 1. The monoisotopic (exact) mass is 303 g/mol. The Kier molecular flexibility index (Phi) is 2.94. The molecule has 2 aliphatic rings. The van der Waals surface area contributed by atoms with Gasteiger partial charge in [-0.3, -0.25) is 0 Å². The molecule has 0 spiro atoms. The summed E-state index contributed by atoms with van der Waals surface area (Å²) in [4.78, 5) is 0. The molecule has 1 aromatic rings. The van der Waals surface area contributed by atoms with Crippen molar-refractivity contribution >= 4 is 15.9 Å². The van der Waals surface area contributed by atoms with Crippen molar-refractivity contribution in [3.05, 3.63) is 21.9 Å². The molecule has 1 saturated heterocycles. The highest BCUT2D eigenvalue weighted by molar-refractivity contribution is 9.10. The number of halogens is 2. The summed E-state index contributed by atoms with van der Waals surface area (Å²) < 4.78 is 30.6. The van der Waals surface area contributed by atoms with E-state index in [2.05, 4.69) is 21.2 Å². The van der Waals surface area contributed by atoms with Gasteiger partial charge in [0.15, 0.2) is 11.5 Å². The van der Waals surface area contributed by atoms with E-state index in [1.165, 1.54) is 6.07 Å². The van der Waals surface area contributed by atoms with Crippen molar-refractivity contribution in [3.8, 4) is 11.5 Å². The van der Waals surface area contributed by atoms with Gasteiger partial charge < -0.3 is 19.5 Å². The number of hydrogen-bond donors (Lipinski definition) is 1. The molecular weight excluding hydrogens is 293 g/mol. The highest BCUT2D eigenvalue weighted by Gasteiger charge is 2.29. The highest BCUT2D eigenvalue weighted by atomic mass is 79.9. The lowest BCUT2D eigenvalue weighted by atomic mass is 10.1. The Labute approximate surface area is 106 Å². The van der Waals surface area contributed by atoms with Gasteiger partial charge in [-0.1, -0.05) is 0 Å². The first-order valence-electron chi connectivity index (χ1n) is 5.37. The van der Waals surface area contributed by atoms with Crippen LogP contribution in [0.5, 0.6) is 11.5 Å². The van der Waals surface area contributed by atoms with Crippen LogP contribution in [0, 0.1) is 5.82 Å². The van der Waals surface area contributed by atoms with E-state index in [0.717, 1.165) is 6.54 Å². The van der Waals surface area contributed by atoms with Crippen LogP contribution in [0.3, 0.4) is 0 Å². The molecule has 4 nitrogen and oxygen atoms in total. The van der Waals surface area contributed by atoms with E-state index in [0.29, 0.717) is 34.7 Å². The van der Waals surface area contributed by atoms with Crippen molar-refractivity contribution in [2.24, 2.45) is 0 Å². The Bertz CT molecular complexity index is 449. The predicted molar refractivity (Wildman–Crippen MR) is 61.8 cm³/mol. The zero-order chi connectivity index (χ0) is 11.8. The first-order chi connectivity index (χ1) is 8.27. The van der Waals surface area contributed by atoms with Gasteiger partial charge in [-0.15, -0.1) is 0 Å². The van der Waals surface area contributed by atoms with E-state index in [4.69, 9.17) is 14.2 Å². The molecule has 1 aromatic carbocycles. The summed E-state index contributed by atoms with van der Waals surface area (Å²) in [6.45, 7) is 2.08. The van der Waals surface area contributed by atoms with Gasteiger partial charge in [-0.2, -0.15) is 0 Å². The number of fused-ring (bicyclic) bond motifs is 1. The van der Waals surface area contributed by atoms with E-state index in [1.54, 1.807) is 0 Å². The van der Waals surface area contributed by atoms with Gasteiger partial charge in [0, 0.05) is 24.7 Å². The Balaban J connectivity index is 2.03. The second-order valence-corrected chi connectivity index (χ2v) is 4.68. The third-order valence-corrected chi connectivity index (χ3v) is 3.63. The van der Waals surface area contributed by atoms with E-state index >= 15 is 0 Å². The van der Waals surface area contributed by atoms with Gasteiger partial charge in [0.1, 0.15) is 5.82 Å². The maximum atomic E-state index is 14.0. The number of rotatable bonds is 1. The SMILES string of the molecule is Fc1cc2c(c(Br)c1C1CNCCO1)OCO2. The van der Waals surface area contributed by atoms with Crippen LogP contribution in [0.1, 0.15) is 11.7 Å². The van der Waals surface area contributed by atoms with Crippen LogP contribution in [0.2, 0.25) is 0 Å². The summed E-state index contributed by atoms with van der Waals surface area (Å²) in [6, 6.07) is 1.35. The molecule has 1 fully saturated rings. The molecule has 2 heterocycles. The quantitative estimate of drug-likeness (QED) is 0.861. The van der Waals surface area contributed by atoms with Crippen molar-refractivity contribution in [1.82, 2.24) is 5.32 Å². The predicted octanol–water partition coefficient (Wildman–Crippen LogP) is 1.98. The average Bonchev–Trinajstić information content (AvgIpc) is 2.78. The molecule has 6 heteroatoms. The van der Waals surface area contributed by atoms with E-state index < -0.39 is 0 Å². The molecule has 2 aliphatic heterocycles. The number of hydrogen-bond acceptors (Lipinski definition) is 4. The highest BCUT2D eigenvalue weighted by Crippen LogP contribution is 2.45. The lowest BCUT2D eigenvalue weighted by Crippen LogP contribution is -2.34. The lowest BCUT2D eigenvalue weighted by Gasteiger charge is -2.25. The zero-order valence-corrected chi connectivity index (χ0v) is 10.5.